The second kappa shape index (κ2) is 7.63. The minimum absolute atomic E-state index is 0.107. The van der Waals surface area contributed by atoms with Gasteiger partial charge in [0.15, 0.2) is 4.90 Å². The molecule has 6 heteroatoms. The molecule has 4 aromatic rings. The van der Waals surface area contributed by atoms with Crippen LogP contribution in [0.15, 0.2) is 90.2 Å². The topological polar surface area (TPSA) is 79.8 Å². The van der Waals surface area contributed by atoms with E-state index in [2.05, 4.69) is 40.3 Å². The molecule has 0 spiro atoms. The summed E-state index contributed by atoms with van der Waals surface area (Å²) in [5, 5.41) is 0. The first-order valence-electron chi connectivity index (χ1n) is 10.0. The first kappa shape index (κ1) is 18.9. The van der Waals surface area contributed by atoms with E-state index in [0.29, 0.717) is 0 Å². The molecule has 2 N–H and O–H groups in total. The minimum atomic E-state index is -1.26. The largest absolute Gasteiger partial charge is 0.587 e. The molecule has 0 saturated heterocycles. The van der Waals surface area contributed by atoms with Crippen molar-refractivity contribution >= 4 is 17.3 Å². The molecule has 1 fully saturated rings. The van der Waals surface area contributed by atoms with E-state index in [1.165, 1.54) is 5.56 Å². The van der Waals surface area contributed by atoms with Crippen LogP contribution in [0.25, 0.3) is 11.1 Å². The van der Waals surface area contributed by atoms with Crippen LogP contribution < -0.4 is 5.73 Å². The average Bonchev–Trinajstić information content (AvgIpc) is 3.24. The number of nitrogens with zero attached hydrogens (tertiary/aromatic N) is 3. The molecule has 2 aromatic heterocycles. The van der Waals surface area contributed by atoms with Crippen LogP contribution in [0.1, 0.15) is 30.5 Å². The van der Waals surface area contributed by atoms with Gasteiger partial charge in [0.05, 0.1) is 11.9 Å². The third-order valence-corrected chi connectivity index (χ3v) is 7.33. The van der Waals surface area contributed by atoms with Crippen molar-refractivity contribution in [3.8, 4) is 11.1 Å². The number of anilines is 1. The summed E-state index contributed by atoms with van der Waals surface area (Å²) in [7, 11) is 0. The van der Waals surface area contributed by atoms with Gasteiger partial charge in [-0.3, -0.25) is 0 Å². The van der Waals surface area contributed by atoms with Crippen LogP contribution >= 0.6 is 0 Å². The van der Waals surface area contributed by atoms with Crippen molar-refractivity contribution in [1.82, 2.24) is 13.9 Å². The zero-order chi connectivity index (χ0) is 20.6. The van der Waals surface area contributed by atoms with Crippen molar-refractivity contribution in [3.05, 3.63) is 96.6 Å². The Morgan fingerprint density at radius 1 is 0.867 bits per heavy atom. The van der Waals surface area contributed by atoms with Gasteiger partial charge in [0.2, 0.25) is 5.95 Å². The second-order valence-electron chi connectivity index (χ2n) is 7.62. The Balaban J connectivity index is 1.50. The Bertz CT molecular complexity index is 1140. The molecule has 0 amide bonds. The molecule has 2 heterocycles. The van der Waals surface area contributed by atoms with Crippen LogP contribution in [0.4, 0.5) is 5.95 Å². The smallest absolute Gasteiger partial charge is 0.219 e. The minimum Gasteiger partial charge on any atom is -0.587 e. The molecular weight excluding hydrogens is 392 g/mol. The molecule has 1 unspecified atom stereocenters. The lowest BCUT2D eigenvalue weighted by molar-refractivity contribution is 0.292. The maximum absolute atomic E-state index is 13.3. The number of rotatable bonds is 5. The average molecular weight is 415 g/mol. The van der Waals surface area contributed by atoms with Crippen LogP contribution in [0, 0.1) is 0 Å². The summed E-state index contributed by atoms with van der Waals surface area (Å²) in [6.07, 6.45) is 8.67. The number of hydrogen-bond donors (Lipinski definition) is 1. The fourth-order valence-corrected chi connectivity index (χ4v) is 5.44. The SMILES string of the molecule is Nc1ncc(-c2ccc(C3(c4cccn4[S+]([O-])c4ccccc4)CCC3)cc2)cn1. The lowest BCUT2D eigenvalue weighted by Crippen LogP contribution is -2.38. The summed E-state index contributed by atoms with van der Waals surface area (Å²) < 4.78 is 15.2. The summed E-state index contributed by atoms with van der Waals surface area (Å²) in [5.74, 6) is 0.274. The Kier molecular flexibility index (Phi) is 4.81. The first-order chi connectivity index (χ1) is 14.7. The Morgan fingerprint density at radius 3 is 2.20 bits per heavy atom. The predicted octanol–water partition coefficient (Wildman–Crippen LogP) is 4.57. The molecule has 0 bridgehead atoms. The summed E-state index contributed by atoms with van der Waals surface area (Å²) in [6, 6.07) is 22.3. The number of benzene rings is 2. The van der Waals surface area contributed by atoms with E-state index in [-0.39, 0.29) is 11.4 Å². The molecule has 1 atom stereocenters. The number of aromatic nitrogens is 3. The molecular formula is C24H22N4OS. The Hall–Kier alpha value is -3.09. The van der Waals surface area contributed by atoms with Gasteiger partial charge in [-0.25, -0.2) is 9.97 Å². The monoisotopic (exact) mass is 414 g/mol. The predicted molar refractivity (Wildman–Crippen MR) is 119 cm³/mol. The molecule has 150 valence electrons. The van der Waals surface area contributed by atoms with E-state index in [4.69, 9.17) is 5.73 Å². The number of nitrogen functional groups attached to an aromatic ring is 1. The van der Waals surface area contributed by atoms with Crippen LogP contribution in [-0.4, -0.2) is 18.5 Å². The van der Waals surface area contributed by atoms with Gasteiger partial charge < -0.3 is 10.3 Å². The third kappa shape index (κ3) is 3.18. The van der Waals surface area contributed by atoms with Crippen LogP contribution in [0.3, 0.4) is 0 Å². The van der Waals surface area contributed by atoms with Crippen molar-refractivity contribution in [2.24, 2.45) is 0 Å². The zero-order valence-electron chi connectivity index (χ0n) is 16.4. The molecule has 5 rings (SSSR count). The van der Waals surface area contributed by atoms with Gasteiger partial charge in [0.25, 0.3) is 0 Å². The van der Waals surface area contributed by atoms with Gasteiger partial charge in [0.1, 0.15) is 11.4 Å². The molecule has 1 saturated carbocycles. The van der Waals surface area contributed by atoms with Gasteiger partial charge in [-0.15, -0.1) is 0 Å². The van der Waals surface area contributed by atoms with Gasteiger partial charge in [-0.1, -0.05) is 48.9 Å². The fourth-order valence-electron chi connectivity index (χ4n) is 4.22. The highest BCUT2D eigenvalue weighted by Gasteiger charge is 2.44. The lowest BCUT2D eigenvalue weighted by atomic mass is 9.62. The van der Waals surface area contributed by atoms with E-state index in [0.717, 1.165) is 41.0 Å². The molecule has 1 aliphatic rings. The first-order valence-corrected chi connectivity index (χ1v) is 11.1. The van der Waals surface area contributed by atoms with Crippen LogP contribution in [-0.2, 0) is 16.8 Å². The Labute approximate surface area is 178 Å². The highest BCUT2D eigenvalue weighted by Crippen LogP contribution is 2.49. The standard InChI is InChI=1S/C24H22N4OS/c25-23-26-16-19(17-27-23)18-9-11-20(12-10-18)24(13-5-14-24)22-8-4-15-28(22)30(29)21-6-2-1-3-7-21/h1-4,6-12,15-17H,5,13-14H2,(H2,25,26,27). The van der Waals surface area contributed by atoms with Crippen molar-refractivity contribution in [2.45, 2.75) is 29.6 Å². The van der Waals surface area contributed by atoms with Crippen molar-refractivity contribution in [2.75, 3.05) is 5.73 Å². The van der Waals surface area contributed by atoms with Gasteiger partial charge in [-0.2, -0.15) is 3.97 Å². The molecule has 5 nitrogen and oxygen atoms in total. The van der Waals surface area contributed by atoms with E-state index in [9.17, 15) is 4.55 Å². The van der Waals surface area contributed by atoms with Crippen LogP contribution in [0.2, 0.25) is 0 Å². The molecule has 1 aliphatic carbocycles. The van der Waals surface area contributed by atoms with E-state index < -0.39 is 11.4 Å². The normalized spacial score (nSPS) is 16.0. The quantitative estimate of drug-likeness (QED) is 0.485. The summed E-state index contributed by atoms with van der Waals surface area (Å²) in [6.45, 7) is 0. The van der Waals surface area contributed by atoms with E-state index in [1.807, 2.05) is 46.6 Å². The Morgan fingerprint density at radius 2 is 1.57 bits per heavy atom. The summed E-state index contributed by atoms with van der Waals surface area (Å²) >= 11 is -1.26. The summed E-state index contributed by atoms with van der Waals surface area (Å²) in [5.41, 5.74) is 9.84. The van der Waals surface area contributed by atoms with Crippen molar-refractivity contribution in [3.63, 3.8) is 0 Å². The summed E-state index contributed by atoms with van der Waals surface area (Å²) in [4.78, 5) is 8.98. The second-order valence-corrected chi connectivity index (χ2v) is 8.99. The van der Waals surface area contributed by atoms with Crippen molar-refractivity contribution < 1.29 is 4.55 Å². The third-order valence-electron chi connectivity index (χ3n) is 5.98. The van der Waals surface area contributed by atoms with Gasteiger partial charge in [-0.05, 0) is 48.2 Å². The maximum atomic E-state index is 13.3. The van der Waals surface area contributed by atoms with Gasteiger partial charge >= 0.3 is 0 Å². The van der Waals surface area contributed by atoms with Crippen molar-refractivity contribution in [1.29, 1.82) is 0 Å². The highest BCUT2D eigenvalue weighted by atomic mass is 32.2. The maximum Gasteiger partial charge on any atom is 0.219 e. The number of nitrogens with two attached hydrogens (primary N) is 1. The van der Waals surface area contributed by atoms with Gasteiger partial charge in [0, 0.05) is 23.4 Å². The fraction of sp³-hybridized carbons (Fsp3) is 0.167. The molecule has 0 radical (unpaired) electrons. The zero-order valence-corrected chi connectivity index (χ0v) is 17.3. The molecule has 0 aliphatic heterocycles. The lowest BCUT2D eigenvalue weighted by Gasteiger charge is -2.42. The van der Waals surface area contributed by atoms with E-state index >= 15 is 0 Å². The number of hydrogen-bond acceptors (Lipinski definition) is 4. The molecule has 30 heavy (non-hydrogen) atoms. The molecule has 2 aromatic carbocycles. The van der Waals surface area contributed by atoms with Crippen LogP contribution in [0.5, 0.6) is 0 Å². The van der Waals surface area contributed by atoms with E-state index in [1.54, 1.807) is 12.4 Å². The highest BCUT2D eigenvalue weighted by molar-refractivity contribution is 7.90.